The first kappa shape index (κ1) is 14.0. The van der Waals surface area contributed by atoms with Gasteiger partial charge >= 0.3 is 0 Å². The summed E-state index contributed by atoms with van der Waals surface area (Å²) in [6.07, 6.45) is 5.72. The van der Waals surface area contributed by atoms with Gasteiger partial charge in [-0.3, -0.25) is 4.98 Å². The van der Waals surface area contributed by atoms with Crippen LogP contribution in [0.5, 0.6) is 0 Å². The number of benzene rings is 1. The van der Waals surface area contributed by atoms with E-state index in [0.717, 1.165) is 31.0 Å². The van der Waals surface area contributed by atoms with Gasteiger partial charge in [0, 0.05) is 24.0 Å². The van der Waals surface area contributed by atoms with Crippen LogP contribution in [0.2, 0.25) is 5.02 Å². The van der Waals surface area contributed by atoms with Crippen molar-refractivity contribution in [3.63, 3.8) is 0 Å². The van der Waals surface area contributed by atoms with Gasteiger partial charge in [-0.1, -0.05) is 30.7 Å². The van der Waals surface area contributed by atoms with Crippen molar-refractivity contribution in [2.45, 2.75) is 26.3 Å². The van der Waals surface area contributed by atoms with Gasteiger partial charge in [-0.05, 0) is 54.3 Å². The van der Waals surface area contributed by atoms with Crippen molar-refractivity contribution >= 4 is 11.6 Å². The van der Waals surface area contributed by atoms with Crippen molar-refractivity contribution in [1.29, 1.82) is 0 Å². The Morgan fingerprint density at radius 3 is 2.84 bits per heavy atom. The number of nitrogens with one attached hydrogen (secondary N) is 1. The van der Waals surface area contributed by atoms with Crippen LogP contribution in [0.25, 0.3) is 0 Å². The predicted octanol–water partition coefficient (Wildman–Crippen LogP) is 3.83. The van der Waals surface area contributed by atoms with E-state index in [4.69, 9.17) is 11.6 Å². The molecule has 1 aromatic heterocycles. The highest BCUT2D eigenvalue weighted by molar-refractivity contribution is 6.30. The number of halogens is 1. The second-order valence-corrected chi connectivity index (χ2v) is 5.06. The van der Waals surface area contributed by atoms with Crippen LogP contribution in [0.4, 0.5) is 0 Å². The van der Waals surface area contributed by atoms with E-state index in [1.54, 1.807) is 6.20 Å². The van der Waals surface area contributed by atoms with Crippen molar-refractivity contribution in [1.82, 2.24) is 10.3 Å². The van der Waals surface area contributed by atoms with Crippen molar-refractivity contribution in [3.8, 4) is 0 Å². The van der Waals surface area contributed by atoms with E-state index in [2.05, 4.69) is 35.4 Å². The second kappa shape index (κ2) is 7.27. The van der Waals surface area contributed by atoms with E-state index in [9.17, 15) is 0 Å². The maximum absolute atomic E-state index is 6.11. The standard InChI is InChI=1S/C16H19ClN2/c1-2-7-18-12-14-5-6-16(17)10-15(14)9-13-4-3-8-19-11-13/h3-6,8,10-11,18H,2,7,9,12H2,1H3. The molecule has 0 spiro atoms. The highest BCUT2D eigenvalue weighted by atomic mass is 35.5. The minimum absolute atomic E-state index is 0.790. The van der Waals surface area contributed by atoms with Crippen LogP contribution in [0, 0.1) is 0 Å². The van der Waals surface area contributed by atoms with E-state index in [0.29, 0.717) is 0 Å². The molecule has 0 aliphatic carbocycles. The summed E-state index contributed by atoms with van der Waals surface area (Å²) in [4.78, 5) is 4.16. The molecule has 0 saturated heterocycles. The molecule has 0 bridgehead atoms. The Morgan fingerprint density at radius 1 is 1.21 bits per heavy atom. The molecule has 1 N–H and O–H groups in total. The number of pyridine rings is 1. The minimum Gasteiger partial charge on any atom is -0.313 e. The zero-order valence-corrected chi connectivity index (χ0v) is 12.0. The van der Waals surface area contributed by atoms with Gasteiger partial charge < -0.3 is 5.32 Å². The Bertz CT molecular complexity index is 511. The molecule has 0 unspecified atom stereocenters. The smallest absolute Gasteiger partial charge is 0.0409 e. The maximum atomic E-state index is 6.11. The fourth-order valence-corrected chi connectivity index (χ4v) is 2.25. The van der Waals surface area contributed by atoms with Crippen LogP contribution < -0.4 is 5.32 Å². The third-order valence-corrected chi connectivity index (χ3v) is 3.26. The quantitative estimate of drug-likeness (QED) is 0.810. The summed E-state index contributed by atoms with van der Waals surface area (Å²) in [7, 11) is 0. The van der Waals surface area contributed by atoms with Gasteiger partial charge in [-0.15, -0.1) is 0 Å². The highest BCUT2D eigenvalue weighted by Crippen LogP contribution is 2.19. The minimum atomic E-state index is 0.790. The molecule has 1 heterocycles. The van der Waals surface area contributed by atoms with Gasteiger partial charge in [0.1, 0.15) is 0 Å². The predicted molar refractivity (Wildman–Crippen MR) is 80.5 cm³/mol. The van der Waals surface area contributed by atoms with Crippen molar-refractivity contribution in [2.24, 2.45) is 0 Å². The van der Waals surface area contributed by atoms with Gasteiger partial charge in [0.15, 0.2) is 0 Å². The second-order valence-electron chi connectivity index (χ2n) is 4.63. The molecule has 100 valence electrons. The lowest BCUT2D eigenvalue weighted by Gasteiger charge is -2.11. The van der Waals surface area contributed by atoms with Crippen molar-refractivity contribution in [2.75, 3.05) is 6.54 Å². The average Bonchev–Trinajstić information content (AvgIpc) is 2.43. The lowest BCUT2D eigenvalue weighted by molar-refractivity contribution is 0.672. The number of aromatic nitrogens is 1. The fraction of sp³-hybridized carbons (Fsp3) is 0.312. The van der Waals surface area contributed by atoms with Gasteiger partial charge in [0.05, 0.1) is 0 Å². The molecule has 2 rings (SSSR count). The van der Waals surface area contributed by atoms with Gasteiger partial charge in [0.25, 0.3) is 0 Å². The molecule has 2 nitrogen and oxygen atoms in total. The van der Waals surface area contributed by atoms with Crippen LogP contribution >= 0.6 is 11.6 Å². The molecule has 1 aromatic carbocycles. The molecule has 19 heavy (non-hydrogen) atoms. The molecule has 0 aliphatic heterocycles. The maximum Gasteiger partial charge on any atom is 0.0409 e. The van der Waals surface area contributed by atoms with E-state index in [1.807, 2.05) is 18.3 Å². The zero-order valence-electron chi connectivity index (χ0n) is 11.2. The monoisotopic (exact) mass is 274 g/mol. The first-order valence-corrected chi connectivity index (χ1v) is 7.04. The van der Waals surface area contributed by atoms with Crippen LogP contribution in [-0.2, 0) is 13.0 Å². The van der Waals surface area contributed by atoms with Crippen LogP contribution in [0.1, 0.15) is 30.0 Å². The van der Waals surface area contributed by atoms with Crippen molar-refractivity contribution in [3.05, 3.63) is 64.4 Å². The molecule has 0 amide bonds. The summed E-state index contributed by atoms with van der Waals surface area (Å²) in [6, 6.07) is 10.2. The van der Waals surface area contributed by atoms with Crippen molar-refractivity contribution < 1.29 is 0 Å². The molecular weight excluding hydrogens is 256 g/mol. The van der Waals surface area contributed by atoms with Crippen LogP contribution in [-0.4, -0.2) is 11.5 Å². The number of nitrogens with zero attached hydrogens (tertiary/aromatic N) is 1. The molecule has 0 fully saturated rings. The first-order valence-electron chi connectivity index (χ1n) is 6.66. The summed E-state index contributed by atoms with van der Waals surface area (Å²) in [5, 5.41) is 4.23. The zero-order chi connectivity index (χ0) is 13.5. The lowest BCUT2D eigenvalue weighted by atomic mass is 10.0. The van der Waals surface area contributed by atoms with Gasteiger partial charge in [-0.25, -0.2) is 0 Å². The number of rotatable bonds is 6. The van der Waals surface area contributed by atoms with Crippen LogP contribution in [0.3, 0.4) is 0 Å². The van der Waals surface area contributed by atoms with E-state index in [-0.39, 0.29) is 0 Å². The average molecular weight is 275 g/mol. The Balaban J connectivity index is 2.15. The molecule has 2 aromatic rings. The van der Waals surface area contributed by atoms with E-state index >= 15 is 0 Å². The first-order chi connectivity index (χ1) is 9.29. The summed E-state index contributed by atoms with van der Waals surface area (Å²) in [5.74, 6) is 0. The Hall–Kier alpha value is -1.38. The van der Waals surface area contributed by atoms with Crippen LogP contribution in [0.15, 0.2) is 42.7 Å². The number of hydrogen-bond acceptors (Lipinski definition) is 2. The summed E-state index contributed by atoms with van der Waals surface area (Å²) in [6.45, 7) is 4.10. The molecule has 0 radical (unpaired) electrons. The summed E-state index contributed by atoms with van der Waals surface area (Å²) in [5.41, 5.74) is 3.78. The molecule has 0 saturated carbocycles. The Kier molecular flexibility index (Phi) is 5.37. The lowest BCUT2D eigenvalue weighted by Crippen LogP contribution is -2.15. The van der Waals surface area contributed by atoms with Gasteiger partial charge in [0.2, 0.25) is 0 Å². The van der Waals surface area contributed by atoms with Gasteiger partial charge in [-0.2, -0.15) is 0 Å². The fourth-order valence-electron chi connectivity index (χ4n) is 2.05. The van der Waals surface area contributed by atoms with E-state index in [1.165, 1.54) is 16.7 Å². The summed E-state index contributed by atoms with van der Waals surface area (Å²) >= 11 is 6.11. The highest BCUT2D eigenvalue weighted by Gasteiger charge is 2.05. The molecule has 0 aliphatic rings. The largest absolute Gasteiger partial charge is 0.313 e. The third-order valence-electron chi connectivity index (χ3n) is 3.03. The Morgan fingerprint density at radius 2 is 2.11 bits per heavy atom. The topological polar surface area (TPSA) is 24.9 Å². The number of hydrogen-bond donors (Lipinski definition) is 1. The molecule has 3 heteroatoms. The third kappa shape index (κ3) is 4.34. The Labute approximate surface area is 119 Å². The summed E-state index contributed by atoms with van der Waals surface area (Å²) < 4.78 is 0. The molecule has 0 atom stereocenters. The molecular formula is C16H19ClN2. The normalized spacial score (nSPS) is 10.6. The van der Waals surface area contributed by atoms with E-state index < -0.39 is 0 Å². The SMILES string of the molecule is CCCNCc1ccc(Cl)cc1Cc1cccnc1.